The maximum absolute atomic E-state index is 10.8. The molecule has 0 aromatic rings. The fourth-order valence-corrected chi connectivity index (χ4v) is 2.33. The van der Waals surface area contributed by atoms with Gasteiger partial charge in [-0.15, -0.1) is 0 Å². The standard InChI is InChI=1S/C7H9BN2O3S/c8-7(11)9-1-5-3-10(14(12)13)4-6(5)2-9/h1-4H2,(H,12,13)/p-1. The third-order valence-corrected chi connectivity index (χ3v) is 3.20. The first kappa shape index (κ1) is 9.88. The lowest BCUT2D eigenvalue weighted by molar-refractivity contribution is 0.231. The van der Waals surface area contributed by atoms with Crippen molar-refractivity contribution in [2.24, 2.45) is 0 Å². The molecule has 0 saturated carbocycles. The van der Waals surface area contributed by atoms with Crippen molar-refractivity contribution in [2.75, 3.05) is 26.2 Å². The van der Waals surface area contributed by atoms with E-state index in [2.05, 4.69) is 0 Å². The second-order valence-corrected chi connectivity index (χ2v) is 4.37. The van der Waals surface area contributed by atoms with Gasteiger partial charge in [-0.1, -0.05) is 0 Å². The lowest BCUT2D eigenvalue weighted by atomic mass is 10.1. The van der Waals surface area contributed by atoms with E-state index in [1.807, 2.05) is 0 Å². The molecule has 5 nitrogen and oxygen atoms in total. The molecule has 74 valence electrons. The van der Waals surface area contributed by atoms with Crippen LogP contribution in [0, 0.1) is 0 Å². The second kappa shape index (κ2) is 3.49. The minimum absolute atomic E-state index is 0.398. The van der Waals surface area contributed by atoms with Gasteiger partial charge >= 0.3 is 0 Å². The van der Waals surface area contributed by atoms with Gasteiger partial charge < -0.3 is 9.45 Å². The zero-order valence-electron chi connectivity index (χ0n) is 7.43. The molecule has 1 atom stereocenters. The van der Waals surface area contributed by atoms with E-state index in [1.165, 1.54) is 9.21 Å². The van der Waals surface area contributed by atoms with Crippen molar-refractivity contribution in [2.45, 2.75) is 0 Å². The van der Waals surface area contributed by atoms with E-state index >= 15 is 0 Å². The zero-order chi connectivity index (χ0) is 10.3. The Balaban J connectivity index is 2.00. The number of hydrogen-bond acceptors (Lipinski definition) is 3. The van der Waals surface area contributed by atoms with Crippen molar-refractivity contribution in [3.05, 3.63) is 11.1 Å². The topological polar surface area (TPSA) is 63.7 Å². The first-order valence-electron chi connectivity index (χ1n) is 4.16. The van der Waals surface area contributed by atoms with Crippen LogP contribution in [0.3, 0.4) is 0 Å². The molecule has 2 aliphatic heterocycles. The summed E-state index contributed by atoms with van der Waals surface area (Å²) in [5, 5.41) is 0. The third-order valence-electron chi connectivity index (χ3n) is 2.52. The summed E-state index contributed by atoms with van der Waals surface area (Å²) in [6.07, 6.45) is 0. The normalized spacial score (nSPS) is 24.2. The Morgan fingerprint density at radius 1 is 1.29 bits per heavy atom. The first-order valence-corrected chi connectivity index (χ1v) is 5.19. The van der Waals surface area contributed by atoms with Gasteiger partial charge in [0.2, 0.25) is 7.85 Å². The Bertz CT molecular complexity index is 296. The summed E-state index contributed by atoms with van der Waals surface area (Å²) in [5.74, 6) is -0.450. The van der Waals surface area contributed by atoms with Gasteiger partial charge in [-0.2, -0.15) is 0 Å². The lowest BCUT2D eigenvalue weighted by Crippen LogP contribution is -2.33. The summed E-state index contributed by atoms with van der Waals surface area (Å²) in [7, 11) is 5.12. The van der Waals surface area contributed by atoms with Gasteiger partial charge in [-0.25, -0.2) is 4.31 Å². The van der Waals surface area contributed by atoms with E-state index in [1.54, 1.807) is 0 Å². The van der Waals surface area contributed by atoms with Gasteiger partial charge in [0.25, 0.3) is 0 Å². The summed E-state index contributed by atoms with van der Waals surface area (Å²) in [6.45, 7) is 1.74. The Labute approximate surface area is 85.6 Å². The van der Waals surface area contributed by atoms with Gasteiger partial charge in [0.1, 0.15) is 0 Å². The molecule has 2 radical (unpaired) electrons. The number of nitrogens with zero attached hydrogens (tertiary/aromatic N) is 2. The smallest absolute Gasteiger partial charge is 0.200 e. The highest BCUT2D eigenvalue weighted by Gasteiger charge is 2.30. The van der Waals surface area contributed by atoms with E-state index in [0.29, 0.717) is 26.2 Å². The van der Waals surface area contributed by atoms with E-state index in [0.717, 1.165) is 11.1 Å². The molecule has 2 aliphatic rings. The molecule has 0 aromatic heterocycles. The summed E-state index contributed by atoms with van der Waals surface area (Å²) in [5.41, 5.74) is 2.01. The number of carbonyl (C=O) groups is 1. The minimum atomic E-state index is -2.16. The molecule has 1 amide bonds. The summed E-state index contributed by atoms with van der Waals surface area (Å²) >= 11 is -2.16. The fraction of sp³-hybridized carbons (Fsp3) is 0.571. The number of carbonyl (C=O) groups excluding carboxylic acids is 1. The zero-order valence-corrected chi connectivity index (χ0v) is 8.25. The average molecular weight is 211 g/mol. The van der Waals surface area contributed by atoms with E-state index in [-0.39, 0.29) is 0 Å². The van der Waals surface area contributed by atoms with Gasteiger partial charge in [0.15, 0.2) is 5.81 Å². The van der Waals surface area contributed by atoms with Crippen molar-refractivity contribution >= 4 is 24.9 Å². The summed E-state index contributed by atoms with van der Waals surface area (Å²) in [4.78, 5) is 12.3. The quantitative estimate of drug-likeness (QED) is 0.317. The van der Waals surface area contributed by atoms with Crippen molar-refractivity contribution in [1.82, 2.24) is 9.21 Å². The van der Waals surface area contributed by atoms with Crippen LogP contribution in [-0.4, -0.2) is 57.8 Å². The lowest BCUT2D eigenvalue weighted by Gasteiger charge is -2.23. The Kier molecular flexibility index (Phi) is 2.46. The molecule has 1 unspecified atom stereocenters. The van der Waals surface area contributed by atoms with Crippen LogP contribution in [0.5, 0.6) is 0 Å². The first-order chi connectivity index (χ1) is 6.58. The van der Waals surface area contributed by atoms with Crippen LogP contribution >= 0.6 is 0 Å². The van der Waals surface area contributed by atoms with E-state index in [9.17, 15) is 13.6 Å². The molecule has 2 rings (SSSR count). The predicted molar refractivity (Wildman–Crippen MR) is 50.2 cm³/mol. The number of amides is 1. The largest absolute Gasteiger partial charge is 0.760 e. The molecule has 0 N–H and O–H groups in total. The van der Waals surface area contributed by atoms with Gasteiger partial charge in [-0.05, 0) is 11.1 Å². The van der Waals surface area contributed by atoms with Crippen molar-refractivity contribution in [3.8, 4) is 0 Å². The molecule has 0 fully saturated rings. The maximum atomic E-state index is 10.8. The SMILES string of the molecule is [B]C(=O)N1CC2=C(C1)CN(S(=O)[O-])C2. The fourth-order valence-electron chi connectivity index (χ4n) is 1.81. The highest BCUT2D eigenvalue weighted by Crippen LogP contribution is 2.25. The number of rotatable bonds is 1. The van der Waals surface area contributed by atoms with Crippen LogP contribution < -0.4 is 0 Å². The Morgan fingerprint density at radius 3 is 2.14 bits per heavy atom. The highest BCUT2D eigenvalue weighted by atomic mass is 32.2. The Hall–Kier alpha value is -0.655. The molecule has 0 aliphatic carbocycles. The van der Waals surface area contributed by atoms with Crippen LogP contribution in [0.1, 0.15) is 0 Å². The second-order valence-electron chi connectivity index (χ2n) is 3.42. The van der Waals surface area contributed by atoms with Crippen LogP contribution in [0.25, 0.3) is 0 Å². The molecule has 2 heterocycles. The molecule has 0 aromatic carbocycles. The van der Waals surface area contributed by atoms with E-state index in [4.69, 9.17) is 7.85 Å². The van der Waals surface area contributed by atoms with Crippen LogP contribution in [0.4, 0.5) is 4.79 Å². The molecule has 0 spiro atoms. The summed E-state index contributed by atoms with van der Waals surface area (Å²) < 4.78 is 22.6. The van der Waals surface area contributed by atoms with Gasteiger partial charge in [-0.3, -0.25) is 9.00 Å². The molecule has 7 heteroatoms. The summed E-state index contributed by atoms with van der Waals surface area (Å²) in [6, 6.07) is 0. The molecular weight excluding hydrogens is 203 g/mol. The van der Waals surface area contributed by atoms with Gasteiger partial charge in [0.05, 0.1) is 0 Å². The maximum Gasteiger partial charge on any atom is 0.200 e. The molecule has 0 saturated heterocycles. The highest BCUT2D eigenvalue weighted by molar-refractivity contribution is 7.76. The van der Waals surface area contributed by atoms with E-state index < -0.39 is 17.1 Å². The third kappa shape index (κ3) is 1.62. The molecule has 14 heavy (non-hydrogen) atoms. The van der Waals surface area contributed by atoms with Crippen LogP contribution in [-0.2, 0) is 11.3 Å². The average Bonchev–Trinajstić information content (AvgIpc) is 2.57. The van der Waals surface area contributed by atoms with Crippen LogP contribution in [0.15, 0.2) is 11.1 Å². The van der Waals surface area contributed by atoms with Crippen molar-refractivity contribution < 1.29 is 13.6 Å². The molecular formula is C7H8BN2O3S-. The minimum Gasteiger partial charge on any atom is -0.760 e. The molecule has 0 bridgehead atoms. The van der Waals surface area contributed by atoms with Crippen molar-refractivity contribution in [3.63, 3.8) is 0 Å². The number of hydrogen-bond donors (Lipinski definition) is 0. The predicted octanol–water partition coefficient (Wildman–Crippen LogP) is -1.00. The Morgan fingerprint density at radius 2 is 1.79 bits per heavy atom. The van der Waals surface area contributed by atoms with Crippen LogP contribution in [0.2, 0.25) is 0 Å². The van der Waals surface area contributed by atoms with Crippen molar-refractivity contribution in [1.29, 1.82) is 0 Å². The van der Waals surface area contributed by atoms with Gasteiger partial charge in [0, 0.05) is 37.4 Å². The monoisotopic (exact) mass is 211 g/mol.